The third kappa shape index (κ3) is 4.28. The molecule has 132 valence electrons. The van der Waals surface area contributed by atoms with Crippen molar-refractivity contribution in [3.05, 3.63) is 42.5 Å². The summed E-state index contributed by atoms with van der Waals surface area (Å²) in [5, 5.41) is 5.15. The van der Waals surface area contributed by atoms with Crippen molar-refractivity contribution in [2.45, 2.75) is 6.42 Å². The molecule has 25 heavy (non-hydrogen) atoms. The van der Waals surface area contributed by atoms with Crippen LogP contribution in [0.1, 0.15) is 6.42 Å². The maximum absolute atomic E-state index is 12.7. The molecule has 1 aliphatic rings. The van der Waals surface area contributed by atoms with Crippen LogP contribution in [0, 0.1) is 0 Å². The number of benzene rings is 2. The van der Waals surface area contributed by atoms with Gasteiger partial charge in [-0.25, -0.2) is 4.79 Å². The fourth-order valence-corrected chi connectivity index (χ4v) is 3.11. The molecule has 0 aromatic heterocycles. The standard InChI is InChI=1S/C19H23N3O3/c1-25-18(23)14-21-10-5-11-22(13-12-21)19(24)20-17-9-4-7-15-6-2-3-8-16(15)17/h2-4,6-9H,5,10-14H2,1H3,(H,20,24). The maximum Gasteiger partial charge on any atom is 0.321 e. The zero-order valence-electron chi connectivity index (χ0n) is 14.4. The molecule has 0 saturated carbocycles. The summed E-state index contributed by atoms with van der Waals surface area (Å²) in [6, 6.07) is 13.8. The van der Waals surface area contributed by atoms with Gasteiger partial charge in [-0.15, -0.1) is 0 Å². The third-order valence-electron chi connectivity index (χ3n) is 4.49. The highest BCUT2D eigenvalue weighted by molar-refractivity contribution is 6.01. The number of methoxy groups -OCH3 is 1. The maximum atomic E-state index is 12.7. The van der Waals surface area contributed by atoms with Crippen molar-refractivity contribution in [1.82, 2.24) is 9.80 Å². The van der Waals surface area contributed by atoms with Gasteiger partial charge in [0.05, 0.1) is 19.3 Å². The third-order valence-corrected chi connectivity index (χ3v) is 4.49. The van der Waals surface area contributed by atoms with Crippen LogP contribution in [0.2, 0.25) is 0 Å². The smallest absolute Gasteiger partial charge is 0.321 e. The van der Waals surface area contributed by atoms with Crippen molar-refractivity contribution in [2.24, 2.45) is 0 Å². The molecule has 2 amide bonds. The summed E-state index contributed by atoms with van der Waals surface area (Å²) in [6.07, 6.45) is 0.833. The zero-order valence-corrected chi connectivity index (χ0v) is 14.4. The number of anilines is 1. The predicted octanol–water partition coefficient (Wildman–Crippen LogP) is 2.55. The lowest BCUT2D eigenvalue weighted by Crippen LogP contribution is -2.39. The SMILES string of the molecule is COC(=O)CN1CCCN(C(=O)Nc2cccc3ccccc23)CC1. The van der Waals surface area contributed by atoms with Gasteiger partial charge in [0, 0.05) is 31.6 Å². The van der Waals surface area contributed by atoms with Gasteiger partial charge in [0.25, 0.3) is 0 Å². The number of amides is 2. The molecule has 1 N–H and O–H groups in total. The minimum Gasteiger partial charge on any atom is -0.468 e. The van der Waals surface area contributed by atoms with Crippen molar-refractivity contribution in [3.8, 4) is 0 Å². The molecule has 6 nitrogen and oxygen atoms in total. The minimum atomic E-state index is -0.242. The molecule has 6 heteroatoms. The Balaban J connectivity index is 1.64. The molecule has 0 bridgehead atoms. The lowest BCUT2D eigenvalue weighted by atomic mass is 10.1. The minimum absolute atomic E-state index is 0.101. The molecule has 0 atom stereocenters. The highest BCUT2D eigenvalue weighted by Crippen LogP contribution is 2.23. The first-order valence-corrected chi connectivity index (χ1v) is 8.50. The van der Waals surface area contributed by atoms with E-state index in [1.165, 1.54) is 7.11 Å². The number of urea groups is 1. The number of hydrogen-bond acceptors (Lipinski definition) is 4. The first kappa shape index (κ1) is 17.2. The van der Waals surface area contributed by atoms with Gasteiger partial charge in [0.2, 0.25) is 0 Å². The van der Waals surface area contributed by atoms with Gasteiger partial charge in [-0.2, -0.15) is 0 Å². The summed E-state index contributed by atoms with van der Waals surface area (Å²) in [6.45, 7) is 2.99. The number of nitrogens with one attached hydrogen (secondary N) is 1. The van der Waals surface area contributed by atoms with Crippen LogP contribution in [0.15, 0.2) is 42.5 Å². The average Bonchev–Trinajstić information content (AvgIpc) is 2.87. The quantitative estimate of drug-likeness (QED) is 0.872. The van der Waals surface area contributed by atoms with Crippen molar-refractivity contribution in [2.75, 3.05) is 45.2 Å². The largest absolute Gasteiger partial charge is 0.468 e. The predicted molar refractivity (Wildman–Crippen MR) is 97.6 cm³/mol. The van der Waals surface area contributed by atoms with E-state index in [0.717, 1.165) is 29.4 Å². The summed E-state index contributed by atoms with van der Waals surface area (Å²) < 4.78 is 4.71. The molecule has 0 spiro atoms. The highest BCUT2D eigenvalue weighted by Gasteiger charge is 2.21. The number of fused-ring (bicyclic) bond motifs is 1. The number of carbonyl (C=O) groups is 2. The summed E-state index contributed by atoms with van der Waals surface area (Å²) in [5.74, 6) is -0.242. The van der Waals surface area contributed by atoms with E-state index in [-0.39, 0.29) is 18.5 Å². The Bertz CT molecular complexity index is 757. The van der Waals surface area contributed by atoms with Crippen molar-refractivity contribution in [1.29, 1.82) is 0 Å². The van der Waals surface area contributed by atoms with Crippen LogP contribution in [0.4, 0.5) is 10.5 Å². The van der Waals surface area contributed by atoms with Gasteiger partial charge in [0.15, 0.2) is 0 Å². The molecular weight excluding hydrogens is 318 g/mol. The van der Waals surface area contributed by atoms with Crippen LogP contribution in [0.5, 0.6) is 0 Å². The Labute approximate surface area is 147 Å². The van der Waals surface area contributed by atoms with Crippen LogP contribution >= 0.6 is 0 Å². The van der Waals surface area contributed by atoms with Gasteiger partial charge in [-0.1, -0.05) is 36.4 Å². The van der Waals surface area contributed by atoms with E-state index in [2.05, 4.69) is 5.32 Å². The van der Waals surface area contributed by atoms with Crippen molar-refractivity contribution in [3.63, 3.8) is 0 Å². The molecule has 1 heterocycles. The molecular formula is C19H23N3O3. The van der Waals surface area contributed by atoms with E-state index in [4.69, 9.17) is 4.74 Å². The van der Waals surface area contributed by atoms with E-state index >= 15 is 0 Å². The molecule has 0 radical (unpaired) electrons. The second kappa shape index (κ2) is 7.98. The van der Waals surface area contributed by atoms with Crippen LogP contribution in [-0.4, -0.2) is 61.6 Å². The fraction of sp³-hybridized carbons (Fsp3) is 0.368. The molecule has 1 saturated heterocycles. The Morgan fingerprint density at radius 2 is 1.84 bits per heavy atom. The molecule has 2 aromatic carbocycles. The molecule has 2 aromatic rings. The lowest BCUT2D eigenvalue weighted by molar-refractivity contribution is -0.141. The average molecular weight is 341 g/mol. The Morgan fingerprint density at radius 1 is 1.04 bits per heavy atom. The number of esters is 1. The highest BCUT2D eigenvalue weighted by atomic mass is 16.5. The first-order chi connectivity index (χ1) is 12.2. The van der Waals surface area contributed by atoms with Gasteiger partial charge in [-0.05, 0) is 17.9 Å². The Hall–Kier alpha value is -2.60. The van der Waals surface area contributed by atoms with Crippen molar-refractivity contribution >= 4 is 28.5 Å². The van der Waals surface area contributed by atoms with Gasteiger partial charge in [0.1, 0.15) is 0 Å². The number of hydrogen-bond donors (Lipinski definition) is 1. The topological polar surface area (TPSA) is 61.9 Å². The summed E-state index contributed by atoms with van der Waals surface area (Å²) in [4.78, 5) is 27.9. The Morgan fingerprint density at radius 3 is 2.68 bits per heavy atom. The second-order valence-electron chi connectivity index (χ2n) is 6.15. The summed E-state index contributed by atoms with van der Waals surface area (Å²) in [7, 11) is 1.39. The summed E-state index contributed by atoms with van der Waals surface area (Å²) in [5.41, 5.74) is 0.818. The monoisotopic (exact) mass is 341 g/mol. The van der Waals surface area contributed by atoms with Crippen LogP contribution in [-0.2, 0) is 9.53 Å². The van der Waals surface area contributed by atoms with Crippen molar-refractivity contribution < 1.29 is 14.3 Å². The molecule has 1 fully saturated rings. The van der Waals surface area contributed by atoms with E-state index in [0.29, 0.717) is 19.6 Å². The van der Waals surface area contributed by atoms with E-state index in [9.17, 15) is 9.59 Å². The lowest BCUT2D eigenvalue weighted by Gasteiger charge is -2.22. The molecule has 0 unspecified atom stereocenters. The summed E-state index contributed by atoms with van der Waals surface area (Å²) >= 11 is 0. The molecule has 1 aliphatic heterocycles. The number of rotatable bonds is 3. The van der Waals surface area contributed by atoms with Crippen LogP contribution < -0.4 is 5.32 Å². The second-order valence-corrected chi connectivity index (χ2v) is 6.15. The van der Waals surface area contributed by atoms with Gasteiger partial charge in [-0.3, -0.25) is 9.69 Å². The fourth-order valence-electron chi connectivity index (χ4n) is 3.11. The van der Waals surface area contributed by atoms with E-state index < -0.39 is 0 Å². The number of ether oxygens (including phenoxy) is 1. The first-order valence-electron chi connectivity index (χ1n) is 8.50. The zero-order chi connectivity index (χ0) is 17.6. The Kier molecular flexibility index (Phi) is 5.50. The van der Waals surface area contributed by atoms with E-state index in [1.54, 1.807) is 4.90 Å². The van der Waals surface area contributed by atoms with Crippen LogP contribution in [0.3, 0.4) is 0 Å². The van der Waals surface area contributed by atoms with E-state index in [1.807, 2.05) is 47.4 Å². The van der Waals surface area contributed by atoms with Gasteiger partial charge >= 0.3 is 12.0 Å². The molecule has 0 aliphatic carbocycles. The van der Waals surface area contributed by atoms with Crippen LogP contribution in [0.25, 0.3) is 10.8 Å². The van der Waals surface area contributed by atoms with Gasteiger partial charge < -0.3 is 15.0 Å². The normalized spacial score (nSPS) is 15.6. The molecule has 3 rings (SSSR count). The number of carbonyl (C=O) groups excluding carboxylic acids is 2. The number of nitrogens with zero attached hydrogens (tertiary/aromatic N) is 2.